The van der Waals surface area contributed by atoms with Gasteiger partial charge in [-0.05, 0) is 19.3 Å². The summed E-state index contributed by atoms with van der Waals surface area (Å²) >= 11 is 0. The number of hydrogen-bond acceptors (Lipinski definition) is 3. The van der Waals surface area contributed by atoms with Gasteiger partial charge in [0.25, 0.3) is 0 Å². The first-order valence-electron chi connectivity index (χ1n) is 6.03. The van der Waals surface area contributed by atoms with Gasteiger partial charge in [0.1, 0.15) is 0 Å². The van der Waals surface area contributed by atoms with E-state index < -0.39 is 7.60 Å². The highest BCUT2D eigenvalue weighted by molar-refractivity contribution is 7.53. The summed E-state index contributed by atoms with van der Waals surface area (Å²) in [6.07, 6.45) is 4.32. The highest BCUT2D eigenvalue weighted by Gasteiger charge is 2.25. The highest BCUT2D eigenvalue weighted by atomic mass is 31.2. The highest BCUT2D eigenvalue weighted by Crippen LogP contribution is 2.49. The summed E-state index contributed by atoms with van der Waals surface area (Å²) in [4.78, 5) is 0. The maximum absolute atomic E-state index is 12.1. The Morgan fingerprint density at radius 1 is 1.13 bits per heavy atom. The summed E-state index contributed by atoms with van der Waals surface area (Å²) in [6.45, 7) is 8.54. The van der Waals surface area contributed by atoms with E-state index in [9.17, 15) is 4.57 Å². The van der Waals surface area contributed by atoms with Crippen LogP contribution in [0.15, 0.2) is 0 Å². The van der Waals surface area contributed by atoms with Crippen LogP contribution in [0.1, 0.15) is 53.4 Å². The summed E-state index contributed by atoms with van der Waals surface area (Å²) in [5, 5.41) is 0. The Morgan fingerprint density at radius 3 is 2.20 bits per heavy atom. The van der Waals surface area contributed by atoms with Crippen molar-refractivity contribution < 1.29 is 13.6 Å². The molecule has 0 aromatic rings. The van der Waals surface area contributed by atoms with Gasteiger partial charge in [-0.2, -0.15) is 0 Å². The van der Waals surface area contributed by atoms with Crippen molar-refractivity contribution in [2.24, 2.45) is 0 Å². The van der Waals surface area contributed by atoms with Crippen molar-refractivity contribution in [3.63, 3.8) is 0 Å². The summed E-state index contributed by atoms with van der Waals surface area (Å²) in [6, 6.07) is 0. The van der Waals surface area contributed by atoms with Crippen molar-refractivity contribution in [1.82, 2.24) is 0 Å². The summed E-state index contributed by atoms with van der Waals surface area (Å²) < 4.78 is 23.1. The van der Waals surface area contributed by atoms with Gasteiger partial charge < -0.3 is 9.05 Å². The van der Waals surface area contributed by atoms with Crippen LogP contribution in [-0.2, 0) is 13.6 Å². The minimum Gasteiger partial charge on any atom is -0.309 e. The second-order valence-electron chi connectivity index (χ2n) is 3.68. The molecule has 2 unspecified atom stereocenters. The second kappa shape index (κ2) is 8.32. The predicted molar refractivity (Wildman–Crippen MR) is 64.5 cm³/mol. The maximum Gasteiger partial charge on any atom is 0.330 e. The Morgan fingerprint density at radius 2 is 1.80 bits per heavy atom. The van der Waals surface area contributed by atoms with Gasteiger partial charge in [-0.1, -0.05) is 34.1 Å². The van der Waals surface area contributed by atoms with Crippen LogP contribution in [0.25, 0.3) is 0 Å². The molecule has 0 aliphatic carbocycles. The second-order valence-corrected chi connectivity index (χ2v) is 6.01. The van der Waals surface area contributed by atoms with Gasteiger partial charge in [-0.3, -0.25) is 4.57 Å². The molecule has 0 rings (SSSR count). The van der Waals surface area contributed by atoms with Crippen LogP contribution in [-0.4, -0.2) is 18.9 Å². The molecule has 0 spiro atoms. The zero-order valence-corrected chi connectivity index (χ0v) is 11.4. The lowest BCUT2D eigenvalue weighted by molar-refractivity contribution is 0.137. The Hall–Kier alpha value is 0.150. The molecule has 0 amide bonds. The predicted octanol–water partition coefficient (Wildman–Crippen LogP) is 4.22. The van der Waals surface area contributed by atoms with E-state index in [-0.39, 0.29) is 6.10 Å². The van der Waals surface area contributed by atoms with Gasteiger partial charge in [-0.15, -0.1) is 0 Å². The van der Waals surface area contributed by atoms with E-state index in [4.69, 9.17) is 9.05 Å². The fraction of sp³-hybridized carbons (Fsp3) is 1.00. The van der Waals surface area contributed by atoms with E-state index in [2.05, 4.69) is 13.8 Å². The van der Waals surface area contributed by atoms with E-state index >= 15 is 0 Å². The molecule has 0 radical (unpaired) electrons. The third-order valence-electron chi connectivity index (χ3n) is 2.26. The third kappa shape index (κ3) is 6.34. The minimum absolute atomic E-state index is 0.0811. The zero-order valence-electron chi connectivity index (χ0n) is 10.5. The van der Waals surface area contributed by atoms with Crippen LogP contribution in [0, 0.1) is 0 Å². The molecule has 0 fully saturated rings. The summed E-state index contributed by atoms with van der Waals surface area (Å²) in [7, 11) is -2.82. The van der Waals surface area contributed by atoms with Crippen LogP contribution >= 0.6 is 7.60 Å². The van der Waals surface area contributed by atoms with Crippen molar-refractivity contribution in [2.45, 2.75) is 59.5 Å². The van der Waals surface area contributed by atoms with Gasteiger partial charge in [0, 0.05) is 6.16 Å². The molecule has 3 nitrogen and oxygen atoms in total. The Kier molecular flexibility index (Phi) is 8.40. The van der Waals surface area contributed by atoms with Crippen molar-refractivity contribution in [3.8, 4) is 0 Å². The van der Waals surface area contributed by atoms with E-state index in [1.165, 1.54) is 0 Å². The quantitative estimate of drug-likeness (QED) is 0.562. The first kappa shape index (κ1) is 15.2. The molecular formula is C11H25O3P. The van der Waals surface area contributed by atoms with Crippen LogP contribution in [0.3, 0.4) is 0 Å². The zero-order chi connectivity index (χ0) is 11.7. The smallest absolute Gasteiger partial charge is 0.309 e. The van der Waals surface area contributed by atoms with Gasteiger partial charge in [-0.25, -0.2) is 0 Å². The third-order valence-corrected chi connectivity index (χ3v) is 4.22. The van der Waals surface area contributed by atoms with E-state index in [0.29, 0.717) is 12.8 Å². The average molecular weight is 236 g/mol. The van der Waals surface area contributed by atoms with Crippen LogP contribution in [0.5, 0.6) is 0 Å². The molecule has 0 aliphatic heterocycles. The lowest BCUT2D eigenvalue weighted by Crippen LogP contribution is -2.12. The SMILES string of the molecule is CCCOP(=O)(CC)OC(CC)CCC. The summed E-state index contributed by atoms with van der Waals surface area (Å²) in [5.41, 5.74) is 0. The number of hydrogen-bond donors (Lipinski definition) is 0. The molecule has 0 aliphatic rings. The van der Waals surface area contributed by atoms with Crippen LogP contribution in [0.4, 0.5) is 0 Å². The maximum atomic E-state index is 12.1. The molecule has 92 valence electrons. The molecule has 0 bridgehead atoms. The Balaban J connectivity index is 4.20. The Labute approximate surface area is 94.1 Å². The fourth-order valence-electron chi connectivity index (χ4n) is 1.31. The fourth-order valence-corrected chi connectivity index (χ4v) is 2.87. The normalized spacial score (nSPS) is 17.3. The minimum atomic E-state index is -2.82. The lowest BCUT2D eigenvalue weighted by Gasteiger charge is -2.22. The van der Waals surface area contributed by atoms with Gasteiger partial charge in [0.15, 0.2) is 0 Å². The molecule has 2 atom stereocenters. The molecule has 0 N–H and O–H groups in total. The van der Waals surface area contributed by atoms with Crippen molar-refractivity contribution in [3.05, 3.63) is 0 Å². The average Bonchev–Trinajstić information content (AvgIpc) is 2.26. The molecule has 0 heterocycles. The largest absolute Gasteiger partial charge is 0.330 e. The molecule has 0 aromatic carbocycles. The van der Waals surface area contributed by atoms with Crippen LogP contribution in [0.2, 0.25) is 0 Å². The van der Waals surface area contributed by atoms with Crippen molar-refractivity contribution in [2.75, 3.05) is 12.8 Å². The van der Waals surface area contributed by atoms with Crippen molar-refractivity contribution in [1.29, 1.82) is 0 Å². The first-order valence-corrected chi connectivity index (χ1v) is 7.76. The van der Waals surface area contributed by atoms with Gasteiger partial charge in [0.05, 0.1) is 12.7 Å². The lowest BCUT2D eigenvalue weighted by atomic mass is 10.2. The first-order chi connectivity index (χ1) is 7.11. The molecule has 4 heteroatoms. The monoisotopic (exact) mass is 236 g/mol. The Bertz CT molecular complexity index is 194. The molecule has 0 saturated carbocycles. The van der Waals surface area contributed by atoms with E-state index in [0.717, 1.165) is 25.7 Å². The summed E-state index contributed by atoms with van der Waals surface area (Å²) in [5.74, 6) is 0. The molecule has 0 aromatic heterocycles. The van der Waals surface area contributed by atoms with Crippen LogP contribution < -0.4 is 0 Å². The topological polar surface area (TPSA) is 35.5 Å². The van der Waals surface area contributed by atoms with E-state index in [1.807, 2.05) is 13.8 Å². The van der Waals surface area contributed by atoms with E-state index in [1.54, 1.807) is 0 Å². The molecule has 15 heavy (non-hydrogen) atoms. The standard InChI is InChI=1S/C11H25O3P/c1-5-9-11(7-3)14-15(12,8-4)13-10-6-2/h11H,5-10H2,1-4H3. The van der Waals surface area contributed by atoms with Crippen molar-refractivity contribution >= 4 is 7.60 Å². The molecule has 0 saturated heterocycles. The van der Waals surface area contributed by atoms with Gasteiger partial charge >= 0.3 is 7.60 Å². The van der Waals surface area contributed by atoms with Gasteiger partial charge in [0.2, 0.25) is 0 Å². The molecular weight excluding hydrogens is 211 g/mol. The number of rotatable bonds is 9.